The SMILES string of the molecule is N#Cc1c(-c2ccccc2)c(-c2ccccc2)nn(CCO)c1=O. The van der Waals surface area contributed by atoms with Gasteiger partial charge in [0.1, 0.15) is 17.3 Å². The van der Waals surface area contributed by atoms with Crippen molar-refractivity contribution in [3.63, 3.8) is 0 Å². The van der Waals surface area contributed by atoms with E-state index in [4.69, 9.17) is 0 Å². The minimum atomic E-state index is -0.495. The Morgan fingerprint density at radius 1 is 1.00 bits per heavy atom. The van der Waals surface area contributed by atoms with Crippen LogP contribution in [0.25, 0.3) is 22.4 Å². The Hall–Kier alpha value is -3.23. The summed E-state index contributed by atoms with van der Waals surface area (Å²) < 4.78 is 1.15. The molecule has 24 heavy (non-hydrogen) atoms. The number of aromatic nitrogens is 2. The molecule has 5 heteroatoms. The maximum Gasteiger partial charge on any atom is 0.285 e. The Morgan fingerprint density at radius 2 is 1.58 bits per heavy atom. The molecule has 0 aliphatic rings. The molecule has 0 amide bonds. The predicted molar refractivity (Wildman–Crippen MR) is 91.2 cm³/mol. The first-order valence-electron chi connectivity index (χ1n) is 7.53. The van der Waals surface area contributed by atoms with Gasteiger partial charge in [-0.05, 0) is 5.56 Å². The molecule has 2 aromatic carbocycles. The molecule has 118 valence electrons. The molecule has 0 radical (unpaired) electrons. The van der Waals surface area contributed by atoms with E-state index in [-0.39, 0.29) is 18.7 Å². The second kappa shape index (κ2) is 6.90. The molecule has 1 aromatic heterocycles. The van der Waals surface area contributed by atoms with Crippen molar-refractivity contribution in [2.75, 3.05) is 6.61 Å². The third-order valence-electron chi connectivity index (χ3n) is 3.69. The van der Waals surface area contributed by atoms with Crippen molar-refractivity contribution in [2.24, 2.45) is 0 Å². The van der Waals surface area contributed by atoms with Gasteiger partial charge < -0.3 is 5.11 Å². The molecule has 0 saturated heterocycles. The zero-order valence-corrected chi connectivity index (χ0v) is 12.9. The smallest absolute Gasteiger partial charge is 0.285 e. The molecule has 0 atom stereocenters. The van der Waals surface area contributed by atoms with Crippen LogP contribution in [0.4, 0.5) is 0 Å². The summed E-state index contributed by atoms with van der Waals surface area (Å²) >= 11 is 0. The summed E-state index contributed by atoms with van der Waals surface area (Å²) in [7, 11) is 0. The van der Waals surface area contributed by atoms with Crippen LogP contribution in [0, 0.1) is 11.3 Å². The molecule has 5 nitrogen and oxygen atoms in total. The lowest BCUT2D eigenvalue weighted by molar-refractivity contribution is 0.266. The van der Waals surface area contributed by atoms with Gasteiger partial charge in [-0.15, -0.1) is 0 Å². The standard InChI is InChI=1S/C19H15N3O2/c20-13-16-17(14-7-3-1-4-8-14)18(15-9-5-2-6-10-15)21-22(11-12-23)19(16)24/h1-10,23H,11-12H2. The Bertz CT molecular complexity index is 942. The van der Waals surface area contributed by atoms with Gasteiger partial charge in [0.15, 0.2) is 0 Å². The quantitative estimate of drug-likeness (QED) is 0.801. The summed E-state index contributed by atoms with van der Waals surface area (Å²) in [5.74, 6) is 0. The van der Waals surface area contributed by atoms with Crippen LogP contribution in [-0.4, -0.2) is 21.5 Å². The third kappa shape index (κ3) is 2.83. The molecule has 0 aliphatic carbocycles. The van der Waals surface area contributed by atoms with Gasteiger partial charge in [-0.3, -0.25) is 4.79 Å². The lowest BCUT2D eigenvalue weighted by atomic mass is 9.96. The summed E-state index contributed by atoms with van der Waals surface area (Å²) in [6.45, 7) is -0.181. The van der Waals surface area contributed by atoms with Crippen molar-refractivity contribution in [2.45, 2.75) is 6.54 Å². The van der Waals surface area contributed by atoms with E-state index in [0.29, 0.717) is 11.3 Å². The van der Waals surface area contributed by atoms with Crippen molar-refractivity contribution < 1.29 is 5.11 Å². The van der Waals surface area contributed by atoms with E-state index in [0.717, 1.165) is 15.8 Å². The van der Waals surface area contributed by atoms with Gasteiger partial charge in [0.25, 0.3) is 5.56 Å². The summed E-state index contributed by atoms with van der Waals surface area (Å²) in [6, 6.07) is 20.7. The third-order valence-corrected chi connectivity index (χ3v) is 3.69. The number of benzene rings is 2. The van der Waals surface area contributed by atoms with Gasteiger partial charge in [-0.25, -0.2) is 4.68 Å². The summed E-state index contributed by atoms with van der Waals surface area (Å²) in [4.78, 5) is 12.5. The number of hydrogen-bond acceptors (Lipinski definition) is 4. The maximum atomic E-state index is 12.5. The van der Waals surface area contributed by atoms with E-state index >= 15 is 0 Å². The number of nitrogens with zero attached hydrogens (tertiary/aromatic N) is 3. The fraction of sp³-hybridized carbons (Fsp3) is 0.105. The molecule has 0 fully saturated rings. The van der Waals surface area contributed by atoms with Gasteiger partial charge in [0.05, 0.1) is 13.2 Å². The van der Waals surface area contributed by atoms with Crippen molar-refractivity contribution >= 4 is 0 Å². The zero-order chi connectivity index (χ0) is 16.9. The first-order valence-corrected chi connectivity index (χ1v) is 7.53. The molecule has 1 N–H and O–H groups in total. The fourth-order valence-electron chi connectivity index (χ4n) is 2.60. The largest absolute Gasteiger partial charge is 0.394 e. The van der Waals surface area contributed by atoms with Gasteiger partial charge in [0, 0.05) is 11.1 Å². The zero-order valence-electron chi connectivity index (χ0n) is 12.9. The highest BCUT2D eigenvalue weighted by molar-refractivity contribution is 5.84. The van der Waals surface area contributed by atoms with Crippen molar-refractivity contribution in [3.8, 4) is 28.5 Å². The molecule has 0 aliphatic heterocycles. The molecular formula is C19H15N3O2. The number of hydrogen-bond donors (Lipinski definition) is 1. The average Bonchev–Trinajstić information content (AvgIpc) is 2.64. The molecule has 3 aromatic rings. The van der Waals surface area contributed by atoms with Gasteiger partial charge >= 0.3 is 0 Å². The maximum absolute atomic E-state index is 12.5. The first-order chi connectivity index (χ1) is 11.8. The molecule has 1 heterocycles. The van der Waals surface area contributed by atoms with Gasteiger partial charge in [-0.2, -0.15) is 10.4 Å². The van der Waals surface area contributed by atoms with E-state index < -0.39 is 5.56 Å². The molecule has 0 spiro atoms. The van der Waals surface area contributed by atoms with Crippen LogP contribution in [0.2, 0.25) is 0 Å². The highest BCUT2D eigenvalue weighted by atomic mass is 16.3. The lowest BCUT2D eigenvalue weighted by Gasteiger charge is -2.14. The van der Waals surface area contributed by atoms with E-state index in [2.05, 4.69) is 5.10 Å². The average molecular weight is 317 g/mol. The van der Waals surface area contributed by atoms with Crippen LogP contribution in [0.3, 0.4) is 0 Å². The fourth-order valence-corrected chi connectivity index (χ4v) is 2.60. The van der Waals surface area contributed by atoms with Crippen molar-refractivity contribution in [1.29, 1.82) is 5.26 Å². The van der Waals surface area contributed by atoms with E-state index in [9.17, 15) is 15.2 Å². The van der Waals surface area contributed by atoms with Crippen molar-refractivity contribution in [1.82, 2.24) is 9.78 Å². The van der Waals surface area contributed by atoms with Gasteiger partial charge in [0.2, 0.25) is 0 Å². The monoisotopic (exact) mass is 317 g/mol. The topological polar surface area (TPSA) is 78.9 Å². The van der Waals surface area contributed by atoms with E-state index in [1.165, 1.54) is 0 Å². The molecule has 0 saturated carbocycles. The normalized spacial score (nSPS) is 10.3. The number of aliphatic hydroxyl groups excluding tert-OH is 1. The second-order valence-corrected chi connectivity index (χ2v) is 5.19. The Balaban J connectivity index is 2.39. The molecule has 3 rings (SSSR count). The van der Waals surface area contributed by atoms with Crippen molar-refractivity contribution in [3.05, 3.63) is 76.6 Å². The highest BCUT2D eigenvalue weighted by Gasteiger charge is 2.19. The molecular weight excluding hydrogens is 302 g/mol. The van der Waals surface area contributed by atoms with Crippen LogP contribution < -0.4 is 5.56 Å². The molecule has 0 bridgehead atoms. The highest BCUT2D eigenvalue weighted by Crippen LogP contribution is 2.31. The second-order valence-electron chi connectivity index (χ2n) is 5.19. The summed E-state index contributed by atoms with van der Waals surface area (Å²) in [5.41, 5.74) is 2.16. The van der Waals surface area contributed by atoms with E-state index in [1.807, 2.05) is 66.7 Å². The number of rotatable bonds is 4. The number of nitriles is 1. The Labute approximate surface area is 139 Å². The Kier molecular flexibility index (Phi) is 4.50. The van der Waals surface area contributed by atoms with E-state index in [1.54, 1.807) is 0 Å². The minimum absolute atomic E-state index is 0.0310. The summed E-state index contributed by atoms with van der Waals surface area (Å²) in [5, 5.41) is 23.2. The minimum Gasteiger partial charge on any atom is -0.394 e. The number of aliphatic hydroxyl groups is 1. The lowest BCUT2D eigenvalue weighted by Crippen LogP contribution is -2.28. The van der Waals surface area contributed by atoms with Crippen LogP contribution >= 0.6 is 0 Å². The van der Waals surface area contributed by atoms with Crippen LogP contribution in [0.15, 0.2) is 65.5 Å². The van der Waals surface area contributed by atoms with Crippen LogP contribution in [0.5, 0.6) is 0 Å². The first kappa shape index (κ1) is 15.7. The van der Waals surface area contributed by atoms with Crippen LogP contribution in [-0.2, 0) is 6.54 Å². The van der Waals surface area contributed by atoms with Gasteiger partial charge in [-0.1, -0.05) is 60.7 Å². The molecule has 0 unspecified atom stereocenters. The predicted octanol–water partition coefficient (Wildman–Crippen LogP) is 2.44. The summed E-state index contributed by atoms with van der Waals surface area (Å²) in [6.07, 6.45) is 0. The van der Waals surface area contributed by atoms with Crippen LogP contribution in [0.1, 0.15) is 5.56 Å². The Morgan fingerprint density at radius 3 is 2.12 bits per heavy atom.